The molecule has 0 spiro atoms. The number of rotatable bonds is 6. The molecule has 114 valence electrons. The maximum absolute atomic E-state index is 12.3. The summed E-state index contributed by atoms with van der Waals surface area (Å²) in [5, 5.41) is 11.9. The lowest BCUT2D eigenvalue weighted by Crippen LogP contribution is -2.37. The van der Waals surface area contributed by atoms with Crippen LogP contribution in [-0.4, -0.2) is 35.1 Å². The fraction of sp³-hybridized carbons (Fsp3) is 0.467. The van der Waals surface area contributed by atoms with Gasteiger partial charge in [0.15, 0.2) is 0 Å². The highest BCUT2D eigenvalue weighted by Gasteiger charge is 2.26. The quantitative estimate of drug-likeness (QED) is 0.842. The van der Waals surface area contributed by atoms with Gasteiger partial charge in [0, 0.05) is 13.1 Å². The summed E-state index contributed by atoms with van der Waals surface area (Å²) in [7, 11) is 0. The highest BCUT2D eigenvalue weighted by Crippen LogP contribution is 2.30. The molecule has 21 heavy (non-hydrogen) atoms. The Morgan fingerprint density at radius 3 is 2.67 bits per heavy atom. The zero-order valence-corrected chi connectivity index (χ0v) is 12.7. The molecule has 1 fully saturated rings. The smallest absolute Gasteiger partial charge is 0.335 e. The lowest BCUT2D eigenvalue weighted by molar-refractivity contribution is 0.0697. The first-order valence-corrected chi connectivity index (χ1v) is 7.47. The number of hydrogen-bond acceptors (Lipinski definition) is 2. The zero-order valence-electron chi connectivity index (χ0n) is 11.9. The van der Waals surface area contributed by atoms with Gasteiger partial charge in [-0.05, 0) is 43.4 Å². The molecule has 1 saturated carbocycles. The van der Waals surface area contributed by atoms with Gasteiger partial charge in [0.25, 0.3) is 0 Å². The summed E-state index contributed by atoms with van der Waals surface area (Å²) in [6.07, 6.45) is 3.26. The predicted octanol–water partition coefficient (Wildman–Crippen LogP) is 3.69. The Kier molecular flexibility index (Phi) is 5.07. The highest BCUT2D eigenvalue weighted by atomic mass is 35.5. The van der Waals surface area contributed by atoms with E-state index in [1.54, 1.807) is 4.90 Å². The Bertz CT molecular complexity index is 544. The number of amides is 2. The number of hydrogen-bond donors (Lipinski definition) is 2. The molecule has 0 aliphatic heterocycles. The second-order valence-corrected chi connectivity index (χ2v) is 5.73. The van der Waals surface area contributed by atoms with Gasteiger partial charge in [-0.15, -0.1) is 0 Å². The third-order valence-electron chi connectivity index (χ3n) is 3.41. The van der Waals surface area contributed by atoms with Gasteiger partial charge in [-0.2, -0.15) is 0 Å². The fourth-order valence-corrected chi connectivity index (χ4v) is 2.33. The number of benzene rings is 1. The highest BCUT2D eigenvalue weighted by molar-refractivity contribution is 6.34. The molecule has 1 aliphatic carbocycles. The molecule has 1 aromatic rings. The summed E-state index contributed by atoms with van der Waals surface area (Å²) in [6.45, 7) is 3.50. The van der Waals surface area contributed by atoms with Crippen molar-refractivity contribution in [2.24, 2.45) is 5.92 Å². The number of urea groups is 1. The van der Waals surface area contributed by atoms with E-state index in [0.717, 1.165) is 13.0 Å². The van der Waals surface area contributed by atoms with Gasteiger partial charge in [0.1, 0.15) is 0 Å². The number of anilines is 1. The topological polar surface area (TPSA) is 69.6 Å². The Labute approximate surface area is 128 Å². The molecule has 1 aromatic carbocycles. The molecule has 6 heteroatoms. The summed E-state index contributed by atoms with van der Waals surface area (Å²) in [5.41, 5.74) is 0.532. The molecular weight excluding hydrogens is 292 g/mol. The minimum absolute atomic E-state index is 0.0985. The van der Waals surface area contributed by atoms with E-state index in [0.29, 0.717) is 18.2 Å². The average Bonchev–Trinajstić information content (AvgIpc) is 3.24. The fourth-order valence-electron chi connectivity index (χ4n) is 2.10. The molecule has 5 nitrogen and oxygen atoms in total. The minimum Gasteiger partial charge on any atom is -0.478 e. The van der Waals surface area contributed by atoms with Crippen molar-refractivity contribution in [3.63, 3.8) is 0 Å². The number of halogens is 1. The molecule has 0 heterocycles. The van der Waals surface area contributed by atoms with Gasteiger partial charge >= 0.3 is 12.0 Å². The standard InChI is InChI=1S/C15H19ClN2O3/c1-2-7-18(9-10-3-4-10)15(21)17-13-6-5-11(14(19)20)8-12(13)16/h5-6,8,10H,2-4,7,9H2,1H3,(H,17,21)(H,19,20). The summed E-state index contributed by atoms with van der Waals surface area (Å²) >= 11 is 6.02. The van der Waals surface area contributed by atoms with Crippen LogP contribution in [0.5, 0.6) is 0 Å². The van der Waals surface area contributed by atoms with Crippen molar-refractivity contribution in [1.29, 1.82) is 0 Å². The van der Waals surface area contributed by atoms with Crippen molar-refractivity contribution in [2.45, 2.75) is 26.2 Å². The van der Waals surface area contributed by atoms with E-state index in [1.807, 2.05) is 6.92 Å². The lowest BCUT2D eigenvalue weighted by Gasteiger charge is -2.22. The molecule has 0 radical (unpaired) electrons. The van der Waals surface area contributed by atoms with Crippen molar-refractivity contribution >= 4 is 29.3 Å². The number of nitrogens with one attached hydrogen (secondary N) is 1. The average molecular weight is 311 g/mol. The number of carbonyl (C=O) groups excluding carboxylic acids is 1. The van der Waals surface area contributed by atoms with Crippen LogP contribution in [0.3, 0.4) is 0 Å². The zero-order chi connectivity index (χ0) is 15.4. The van der Waals surface area contributed by atoms with E-state index in [4.69, 9.17) is 16.7 Å². The van der Waals surface area contributed by atoms with Crippen LogP contribution in [0.25, 0.3) is 0 Å². The Hall–Kier alpha value is -1.75. The van der Waals surface area contributed by atoms with Gasteiger partial charge in [-0.25, -0.2) is 9.59 Å². The normalized spacial score (nSPS) is 13.8. The number of carboxylic acid groups (broad SMARTS) is 1. The maximum Gasteiger partial charge on any atom is 0.335 e. The van der Waals surface area contributed by atoms with Crippen LogP contribution in [0.2, 0.25) is 5.02 Å². The summed E-state index contributed by atoms with van der Waals surface area (Å²) < 4.78 is 0. The van der Waals surface area contributed by atoms with E-state index in [1.165, 1.54) is 31.0 Å². The van der Waals surface area contributed by atoms with Gasteiger partial charge < -0.3 is 15.3 Å². The van der Waals surface area contributed by atoms with E-state index in [2.05, 4.69) is 5.32 Å². The number of aromatic carboxylic acids is 1. The van der Waals surface area contributed by atoms with Gasteiger partial charge in [-0.1, -0.05) is 18.5 Å². The van der Waals surface area contributed by atoms with Crippen LogP contribution in [-0.2, 0) is 0 Å². The minimum atomic E-state index is -1.05. The second-order valence-electron chi connectivity index (χ2n) is 5.32. The monoisotopic (exact) mass is 310 g/mol. The van der Waals surface area contributed by atoms with Crippen LogP contribution in [0.15, 0.2) is 18.2 Å². The van der Waals surface area contributed by atoms with Crippen LogP contribution < -0.4 is 5.32 Å². The van der Waals surface area contributed by atoms with E-state index < -0.39 is 5.97 Å². The largest absolute Gasteiger partial charge is 0.478 e. The molecule has 0 unspecified atom stereocenters. The van der Waals surface area contributed by atoms with Gasteiger partial charge in [0.2, 0.25) is 0 Å². The second kappa shape index (κ2) is 6.80. The van der Waals surface area contributed by atoms with E-state index in [9.17, 15) is 9.59 Å². The van der Waals surface area contributed by atoms with Crippen molar-refractivity contribution in [3.8, 4) is 0 Å². The van der Waals surface area contributed by atoms with E-state index >= 15 is 0 Å². The Balaban J connectivity index is 2.04. The third kappa shape index (κ3) is 4.36. The van der Waals surface area contributed by atoms with Gasteiger partial charge in [-0.3, -0.25) is 0 Å². The summed E-state index contributed by atoms with van der Waals surface area (Å²) in [5.74, 6) is -0.428. The van der Waals surface area contributed by atoms with Crippen molar-refractivity contribution < 1.29 is 14.7 Å². The Morgan fingerprint density at radius 2 is 2.14 bits per heavy atom. The molecule has 1 aliphatic rings. The number of nitrogens with zero attached hydrogens (tertiary/aromatic N) is 1. The van der Waals surface area contributed by atoms with Crippen LogP contribution in [0.4, 0.5) is 10.5 Å². The lowest BCUT2D eigenvalue weighted by atomic mass is 10.2. The van der Waals surface area contributed by atoms with Gasteiger partial charge in [0.05, 0.1) is 16.3 Å². The molecule has 2 N–H and O–H groups in total. The maximum atomic E-state index is 12.3. The van der Waals surface area contributed by atoms with Crippen molar-refractivity contribution in [1.82, 2.24) is 4.90 Å². The molecular formula is C15H19ClN2O3. The van der Waals surface area contributed by atoms with Crippen molar-refractivity contribution in [2.75, 3.05) is 18.4 Å². The first-order valence-electron chi connectivity index (χ1n) is 7.10. The SMILES string of the molecule is CCCN(CC1CC1)C(=O)Nc1ccc(C(=O)O)cc1Cl. The van der Waals surface area contributed by atoms with Crippen LogP contribution >= 0.6 is 11.6 Å². The molecule has 0 atom stereocenters. The van der Waals surface area contributed by atoms with Crippen LogP contribution in [0.1, 0.15) is 36.5 Å². The number of carbonyl (C=O) groups is 2. The first kappa shape index (κ1) is 15.6. The summed E-state index contributed by atoms with van der Waals surface area (Å²) in [4.78, 5) is 24.9. The van der Waals surface area contributed by atoms with E-state index in [-0.39, 0.29) is 16.6 Å². The molecule has 2 amide bonds. The summed E-state index contributed by atoms with van der Waals surface area (Å²) in [6, 6.07) is 4.10. The first-order chi connectivity index (χ1) is 10.0. The van der Waals surface area contributed by atoms with Crippen molar-refractivity contribution in [3.05, 3.63) is 28.8 Å². The molecule has 0 aromatic heterocycles. The molecule has 0 bridgehead atoms. The van der Waals surface area contributed by atoms with Crippen LogP contribution in [0, 0.1) is 5.92 Å². The molecule has 2 rings (SSSR count). The number of carboxylic acids is 1. The third-order valence-corrected chi connectivity index (χ3v) is 3.73. The predicted molar refractivity (Wildman–Crippen MR) is 82.0 cm³/mol. The molecule has 0 saturated heterocycles. The Morgan fingerprint density at radius 1 is 1.43 bits per heavy atom.